The van der Waals surface area contributed by atoms with Crippen LogP contribution in [0.4, 0.5) is 10.5 Å². The number of aryl methyl sites for hydroxylation is 1. The molecule has 0 unspecified atom stereocenters. The highest BCUT2D eigenvalue weighted by molar-refractivity contribution is 6.06. The molecule has 9 heteroatoms. The first-order valence-electron chi connectivity index (χ1n) is 12.1. The lowest BCUT2D eigenvalue weighted by Gasteiger charge is -2.31. The molecule has 1 saturated heterocycles. The largest absolute Gasteiger partial charge is 0.467 e. The van der Waals surface area contributed by atoms with Gasteiger partial charge in [0.1, 0.15) is 17.8 Å². The van der Waals surface area contributed by atoms with Gasteiger partial charge in [-0.15, -0.1) is 0 Å². The van der Waals surface area contributed by atoms with Gasteiger partial charge in [0.05, 0.1) is 19.2 Å². The number of nitrogens with zero attached hydrogens (tertiary/aromatic N) is 1. The van der Waals surface area contributed by atoms with Gasteiger partial charge in [0.25, 0.3) is 11.8 Å². The maximum atomic E-state index is 13.8. The minimum atomic E-state index is -1.02. The number of imide groups is 1. The summed E-state index contributed by atoms with van der Waals surface area (Å²) in [5.41, 5.74) is 3.34. The predicted octanol–water partition coefficient (Wildman–Crippen LogP) is 4.02. The Hall–Kier alpha value is -4.40. The van der Waals surface area contributed by atoms with Crippen molar-refractivity contribution in [1.82, 2.24) is 15.5 Å². The molecule has 1 aromatic heterocycles. The van der Waals surface area contributed by atoms with Gasteiger partial charge in [0.2, 0.25) is 5.91 Å². The van der Waals surface area contributed by atoms with Crippen molar-refractivity contribution in [2.24, 2.45) is 0 Å². The number of carbonyl (C=O) groups excluding carboxylic acids is 4. The van der Waals surface area contributed by atoms with Gasteiger partial charge in [-0.25, -0.2) is 4.79 Å². The van der Waals surface area contributed by atoms with E-state index in [1.165, 1.54) is 11.2 Å². The van der Waals surface area contributed by atoms with Gasteiger partial charge in [-0.3, -0.25) is 19.7 Å². The van der Waals surface area contributed by atoms with Crippen molar-refractivity contribution in [3.63, 3.8) is 0 Å². The van der Waals surface area contributed by atoms with Gasteiger partial charge in [-0.1, -0.05) is 55.8 Å². The van der Waals surface area contributed by atoms with E-state index in [9.17, 15) is 19.2 Å². The van der Waals surface area contributed by atoms with Crippen LogP contribution in [-0.4, -0.2) is 34.7 Å². The lowest BCUT2D eigenvalue weighted by molar-refractivity contribution is -0.141. The van der Waals surface area contributed by atoms with Crippen LogP contribution >= 0.6 is 0 Å². The summed E-state index contributed by atoms with van der Waals surface area (Å²) in [6.07, 6.45) is 1.18. The molecule has 0 aliphatic carbocycles. The van der Waals surface area contributed by atoms with E-state index in [4.69, 9.17) is 4.42 Å². The minimum absolute atomic E-state index is 0.00757. The molecule has 37 heavy (non-hydrogen) atoms. The molecule has 9 nitrogen and oxygen atoms in total. The Morgan fingerprint density at radius 1 is 1.00 bits per heavy atom. The fraction of sp³-hybridized carbons (Fsp3) is 0.286. The van der Waals surface area contributed by atoms with Gasteiger partial charge in [0, 0.05) is 5.69 Å². The highest BCUT2D eigenvalue weighted by atomic mass is 16.3. The first kappa shape index (κ1) is 25.7. The van der Waals surface area contributed by atoms with E-state index in [-0.39, 0.29) is 13.0 Å². The molecule has 2 heterocycles. The molecule has 0 radical (unpaired) electrons. The van der Waals surface area contributed by atoms with E-state index in [0.717, 1.165) is 11.1 Å². The molecule has 2 atom stereocenters. The standard InChI is InChI=1S/C28H30N4O5/c1-17(2)19-10-12-21(13-11-19)29-27(35)25(20-8-6-18(3)7-9-20)32(16-22-5-4-14-37-22)24(33)15-23-26(34)31-28(36)30-23/h4-14,17,23,25H,15-16H2,1-3H3,(H,29,35)(H2,30,31,34,36)/t23-,25+/m0/s1. The fourth-order valence-electron chi connectivity index (χ4n) is 4.17. The summed E-state index contributed by atoms with van der Waals surface area (Å²) in [6, 6.07) is 15.6. The van der Waals surface area contributed by atoms with Crippen molar-refractivity contribution in [2.45, 2.75) is 51.7 Å². The van der Waals surface area contributed by atoms with Crippen molar-refractivity contribution in [2.75, 3.05) is 5.32 Å². The molecule has 3 N–H and O–H groups in total. The van der Waals surface area contributed by atoms with E-state index in [0.29, 0.717) is 22.9 Å². The highest BCUT2D eigenvalue weighted by Crippen LogP contribution is 2.28. The van der Waals surface area contributed by atoms with E-state index in [2.05, 4.69) is 29.8 Å². The topological polar surface area (TPSA) is 121 Å². The second kappa shape index (κ2) is 11.1. The van der Waals surface area contributed by atoms with Crippen LogP contribution in [0.25, 0.3) is 0 Å². The molecule has 1 aliphatic rings. The number of carbonyl (C=O) groups is 4. The average molecular weight is 503 g/mol. The van der Waals surface area contributed by atoms with Gasteiger partial charge in [-0.2, -0.15) is 0 Å². The number of hydrogen-bond acceptors (Lipinski definition) is 5. The van der Waals surface area contributed by atoms with Gasteiger partial charge >= 0.3 is 6.03 Å². The molecule has 5 amide bonds. The first-order chi connectivity index (χ1) is 17.7. The summed E-state index contributed by atoms with van der Waals surface area (Å²) in [4.78, 5) is 52.5. The Kier molecular flexibility index (Phi) is 7.71. The molecular formula is C28H30N4O5. The Morgan fingerprint density at radius 3 is 2.24 bits per heavy atom. The molecular weight excluding hydrogens is 472 g/mol. The van der Waals surface area contributed by atoms with Crippen LogP contribution in [0.5, 0.6) is 0 Å². The molecule has 4 rings (SSSR count). The lowest BCUT2D eigenvalue weighted by Crippen LogP contribution is -2.44. The number of amides is 5. The summed E-state index contributed by atoms with van der Waals surface area (Å²) in [7, 11) is 0. The second-order valence-corrected chi connectivity index (χ2v) is 9.40. The third-order valence-electron chi connectivity index (χ3n) is 6.26. The van der Waals surface area contributed by atoms with Crippen molar-refractivity contribution in [3.8, 4) is 0 Å². The van der Waals surface area contributed by atoms with E-state index >= 15 is 0 Å². The maximum absolute atomic E-state index is 13.8. The van der Waals surface area contributed by atoms with E-state index < -0.39 is 35.8 Å². The summed E-state index contributed by atoms with van der Waals surface area (Å²) >= 11 is 0. The molecule has 3 aromatic rings. The summed E-state index contributed by atoms with van der Waals surface area (Å²) < 4.78 is 5.49. The molecule has 1 fully saturated rings. The van der Waals surface area contributed by atoms with E-state index in [1.807, 2.05) is 43.3 Å². The number of benzene rings is 2. The average Bonchev–Trinajstić information content (AvgIpc) is 3.48. The van der Waals surface area contributed by atoms with Crippen LogP contribution in [0.2, 0.25) is 0 Å². The molecule has 2 aromatic carbocycles. The van der Waals surface area contributed by atoms with Gasteiger partial charge in [-0.05, 0) is 48.2 Å². The number of urea groups is 1. The molecule has 0 bridgehead atoms. The summed E-state index contributed by atoms with van der Waals surface area (Å²) in [5, 5.41) is 7.51. The zero-order valence-corrected chi connectivity index (χ0v) is 21.0. The van der Waals surface area contributed by atoms with Crippen LogP contribution in [0.1, 0.15) is 54.7 Å². The van der Waals surface area contributed by atoms with Crippen molar-refractivity contribution in [1.29, 1.82) is 0 Å². The number of anilines is 1. The van der Waals surface area contributed by atoms with Crippen molar-refractivity contribution < 1.29 is 23.6 Å². The summed E-state index contributed by atoms with van der Waals surface area (Å²) in [6.45, 7) is 6.10. The number of hydrogen-bond donors (Lipinski definition) is 3. The van der Waals surface area contributed by atoms with Crippen LogP contribution in [0.15, 0.2) is 71.3 Å². The third-order valence-corrected chi connectivity index (χ3v) is 6.26. The normalized spacial score (nSPS) is 15.7. The fourth-order valence-corrected chi connectivity index (χ4v) is 4.17. The maximum Gasteiger partial charge on any atom is 0.322 e. The Morgan fingerprint density at radius 2 is 1.68 bits per heavy atom. The quantitative estimate of drug-likeness (QED) is 0.382. The number of furan rings is 1. The number of nitrogens with one attached hydrogen (secondary N) is 3. The van der Waals surface area contributed by atoms with Crippen LogP contribution < -0.4 is 16.0 Å². The Bertz CT molecular complexity index is 1270. The Balaban J connectivity index is 1.67. The lowest BCUT2D eigenvalue weighted by atomic mass is 10.0. The SMILES string of the molecule is Cc1ccc([C@H](C(=O)Nc2ccc(C(C)C)cc2)N(Cc2ccco2)C(=O)C[C@@H]2NC(=O)NC2=O)cc1. The van der Waals surface area contributed by atoms with Crippen LogP contribution in [0.3, 0.4) is 0 Å². The zero-order valence-electron chi connectivity index (χ0n) is 21.0. The molecule has 1 aliphatic heterocycles. The van der Waals surface area contributed by atoms with Gasteiger partial charge < -0.3 is 20.0 Å². The van der Waals surface area contributed by atoms with Crippen LogP contribution in [-0.2, 0) is 20.9 Å². The van der Waals surface area contributed by atoms with E-state index in [1.54, 1.807) is 24.3 Å². The van der Waals surface area contributed by atoms with Gasteiger partial charge in [0.15, 0.2) is 0 Å². The molecule has 192 valence electrons. The molecule has 0 saturated carbocycles. The first-order valence-corrected chi connectivity index (χ1v) is 12.1. The smallest absolute Gasteiger partial charge is 0.322 e. The number of rotatable bonds is 9. The highest BCUT2D eigenvalue weighted by Gasteiger charge is 2.37. The zero-order chi connectivity index (χ0) is 26.5. The molecule has 0 spiro atoms. The predicted molar refractivity (Wildman–Crippen MR) is 137 cm³/mol. The van der Waals surface area contributed by atoms with Crippen molar-refractivity contribution in [3.05, 3.63) is 89.4 Å². The summed E-state index contributed by atoms with van der Waals surface area (Å²) in [5.74, 6) is -0.673. The third kappa shape index (κ3) is 6.24. The van der Waals surface area contributed by atoms with Crippen LogP contribution in [0, 0.1) is 6.92 Å². The minimum Gasteiger partial charge on any atom is -0.467 e. The monoisotopic (exact) mass is 502 g/mol. The second-order valence-electron chi connectivity index (χ2n) is 9.40. The Labute approximate surface area is 215 Å². The van der Waals surface area contributed by atoms with Crippen molar-refractivity contribution >= 4 is 29.4 Å².